The SMILES string of the molecule is C=C(F)CN(CCOC)C(=O)[C@@]1(c2ccsc2)C[C@H]1CN. The van der Waals surface area contributed by atoms with Gasteiger partial charge in [0.05, 0.1) is 18.6 Å². The lowest BCUT2D eigenvalue weighted by atomic mass is 9.94. The molecular weight excluding hydrogens is 291 g/mol. The van der Waals surface area contributed by atoms with Gasteiger partial charge in [0.2, 0.25) is 5.91 Å². The third-order valence-electron chi connectivity index (χ3n) is 4.02. The first-order chi connectivity index (χ1) is 10.1. The van der Waals surface area contributed by atoms with Crippen molar-refractivity contribution >= 4 is 17.2 Å². The molecule has 1 amide bonds. The van der Waals surface area contributed by atoms with Crippen LogP contribution in [0, 0.1) is 5.92 Å². The first-order valence-electron chi connectivity index (χ1n) is 6.90. The van der Waals surface area contributed by atoms with Gasteiger partial charge in [-0.15, -0.1) is 0 Å². The molecule has 2 N–H and O–H groups in total. The Morgan fingerprint density at radius 3 is 2.95 bits per heavy atom. The largest absolute Gasteiger partial charge is 0.383 e. The molecule has 2 atom stereocenters. The maximum absolute atomic E-state index is 13.2. The van der Waals surface area contributed by atoms with E-state index in [1.165, 1.54) is 4.90 Å². The molecule has 1 aliphatic carbocycles. The summed E-state index contributed by atoms with van der Waals surface area (Å²) in [4.78, 5) is 14.4. The van der Waals surface area contributed by atoms with Crippen molar-refractivity contribution in [1.82, 2.24) is 4.90 Å². The van der Waals surface area contributed by atoms with Crippen LogP contribution in [0.25, 0.3) is 0 Å². The van der Waals surface area contributed by atoms with Crippen molar-refractivity contribution in [3.8, 4) is 0 Å². The summed E-state index contributed by atoms with van der Waals surface area (Å²) in [5.74, 6) is -0.477. The molecule has 1 fully saturated rings. The Hall–Kier alpha value is -1.24. The minimum absolute atomic E-state index is 0.0767. The summed E-state index contributed by atoms with van der Waals surface area (Å²) < 4.78 is 18.2. The second kappa shape index (κ2) is 6.68. The van der Waals surface area contributed by atoms with Gasteiger partial charge in [0.25, 0.3) is 0 Å². The fourth-order valence-corrected chi connectivity index (χ4v) is 3.55. The predicted molar refractivity (Wildman–Crippen MR) is 81.9 cm³/mol. The minimum Gasteiger partial charge on any atom is -0.383 e. The summed E-state index contributed by atoms with van der Waals surface area (Å²) in [6, 6.07) is 1.96. The maximum Gasteiger partial charge on any atom is 0.234 e. The van der Waals surface area contributed by atoms with Crippen molar-refractivity contribution < 1.29 is 13.9 Å². The van der Waals surface area contributed by atoms with Gasteiger partial charge in [0.15, 0.2) is 0 Å². The molecule has 0 unspecified atom stereocenters. The minimum atomic E-state index is -0.585. The zero-order valence-electron chi connectivity index (χ0n) is 12.2. The molecule has 1 aliphatic rings. The second-order valence-corrected chi connectivity index (χ2v) is 6.14. The number of carbonyl (C=O) groups is 1. The molecule has 0 aliphatic heterocycles. The van der Waals surface area contributed by atoms with Gasteiger partial charge in [0.1, 0.15) is 5.83 Å². The lowest BCUT2D eigenvalue weighted by molar-refractivity contribution is -0.134. The molecule has 6 heteroatoms. The fourth-order valence-electron chi connectivity index (χ4n) is 2.81. The second-order valence-electron chi connectivity index (χ2n) is 5.36. The van der Waals surface area contributed by atoms with Gasteiger partial charge >= 0.3 is 0 Å². The van der Waals surface area contributed by atoms with Crippen molar-refractivity contribution in [2.24, 2.45) is 11.7 Å². The van der Waals surface area contributed by atoms with E-state index >= 15 is 0 Å². The lowest BCUT2D eigenvalue weighted by Gasteiger charge is -2.27. The fraction of sp³-hybridized carbons (Fsp3) is 0.533. The molecule has 1 aromatic heterocycles. The number of halogens is 1. The summed E-state index contributed by atoms with van der Waals surface area (Å²) in [6.45, 7) is 4.34. The standard InChI is InChI=1S/C15H21FN2O2S/c1-11(16)9-18(4-5-20-2)14(19)15(7-13(15)8-17)12-3-6-21-10-12/h3,6,10,13H,1,4-5,7-9,17H2,2H3/t13-,15+/m0/s1. The van der Waals surface area contributed by atoms with Crippen LogP contribution in [0.1, 0.15) is 12.0 Å². The Bertz CT molecular complexity index is 506. The van der Waals surface area contributed by atoms with Gasteiger partial charge in [-0.1, -0.05) is 6.58 Å². The van der Waals surface area contributed by atoms with Crippen LogP contribution in [0.5, 0.6) is 0 Å². The third kappa shape index (κ3) is 3.17. The Balaban J connectivity index is 2.22. The molecule has 0 aromatic carbocycles. The Morgan fingerprint density at radius 1 is 1.71 bits per heavy atom. The van der Waals surface area contributed by atoms with Gasteiger partial charge in [-0.3, -0.25) is 4.79 Å². The highest BCUT2D eigenvalue weighted by Gasteiger charge is 2.61. The number of nitrogens with zero attached hydrogens (tertiary/aromatic N) is 1. The number of carbonyl (C=O) groups excluding carboxylic acids is 1. The molecule has 4 nitrogen and oxygen atoms in total. The number of thiophene rings is 1. The molecule has 0 spiro atoms. The van der Waals surface area contributed by atoms with E-state index < -0.39 is 11.2 Å². The number of ether oxygens (including phenoxy) is 1. The number of hydrogen-bond acceptors (Lipinski definition) is 4. The molecule has 1 heterocycles. The predicted octanol–water partition coefficient (Wildman–Crippen LogP) is 1.92. The maximum atomic E-state index is 13.2. The van der Waals surface area contributed by atoms with E-state index in [2.05, 4.69) is 6.58 Å². The van der Waals surface area contributed by atoms with E-state index in [9.17, 15) is 9.18 Å². The smallest absolute Gasteiger partial charge is 0.234 e. The highest BCUT2D eigenvalue weighted by Crippen LogP contribution is 2.55. The van der Waals surface area contributed by atoms with Gasteiger partial charge in [-0.05, 0) is 41.3 Å². The third-order valence-corrected chi connectivity index (χ3v) is 4.71. The van der Waals surface area contributed by atoms with Gasteiger partial charge in [-0.25, -0.2) is 4.39 Å². The highest BCUT2D eigenvalue weighted by molar-refractivity contribution is 7.08. The van der Waals surface area contributed by atoms with E-state index in [1.807, 2.05) is 16.8 Å². The lowest BCUT2D eigenvalue weighted by Crippen LogP contribution is -2.43. The summed E-state index contributed by atoms with van der Waals surface area (Å²) in [5, 5.41) is 3.93. The highest BCUT2D eigenvalue weighted by atomic mass is 32.1. The van der Waals surface area contributed by atoms with Gasteiger partial charge < -0.3 is 15.4 Å². The number of nitrogens with two attached hydrogens (primary N) is 1. The molecule has 0 bridgehead atoms. The van der Waals surface area contributed by atoms with Crippen LogP contribution in [0.15, 0.2) is 29.2 Å². The van der Waals surface area contributed by atoms with Gasteiger partial charge in [-0.2, -0.15) is 11.3 Å². The topological polar surface area (TPSA) is 55.6 Å². The zero-order chi connectivity index (χ0) is 15.5. The van der Waals surface area contributed by atoms with E-state index in [4.69, 9.17) is 10.5 Å². The van der Waals surface area contributed by atoms with Crippen molar-refractivity contribution in [3.63, 3.8) is 0 Å². The molecule has 1 aromatic rings. The van der Waals surface area contributed by atoms with E-state index in [0.29, 0.717) is 19.7 Å². The summed E-state index contributed by atoms with van der Waals surface area (Å²) in [7, 11) is 1.56. The van der Waals surface area contributed by atoms with Crippen molar-refractivity contribution in [1.29, 1.82) is 0 Å². The van der Waals surface area contributed by atoms with Crippen LogP contribution in [-0.2, 0) is 14.9 Å². The van der Waals surface area contributed by atoms with Crippen LogP contribution in [0.3, 0.4) is 0 Å². The summed E-state index contributed by atoms with van der Waals surface area (Å²) >= 11 is 1.55. The average Bonchev–Trinajstić information content (AvgIpc) is 2.95. The van der Waals surface area contributed by atoms with E-state index in [-0.39, 0.29) is 18.4 Å². The quantitative estimate of drug-likeness (QED) is 0.798. The van der Waals surface area contributed by atoms with E-state index in [1.54, 1.807) is 18.4 Å². The molecular formula is C15H21FN2O2S. The van der Waals surface area contributed by atoms with Crippen LogP contribution in [-0.4, -0.2) is 44.2 Å². The Labute approximate surface area is 128 Å². The first kappa shape index (κ1) is 16.1. The molecule has 2 rings (SSSR count). The number of methoxy groups -OCH3 is 1. The average molecular weight is 312 g/mol. The number of amides is 1. The monoisotopic (exact) mass is 312 g/mol. The molecule has 116 valence electrons. The molecule has 0 saturated heterocycles. The van der Waals surface area contributed by atoms with Crippen molar-refractivity contribution in [3.05, 3.63) is 34.8 Å². The van der Waals surface area contributed by atoms with Crippen LogP contribution < -0.4 is 5.73 Å². The molecule has 21 heavy (non-hydrogen) atoms. The Kier molecular flexibility index (Phi) is 5.13. The van der Waals surface area contributed by atoms with Crippen LogP contribution in [0.2, 0.25) is 0 Å². The number of rotatable bonds is 8. The van der Waals surface area contributed by atoms with Gasteiger partial charge in [0, 0.05) is 13.7 Å². The normalized spacial score (nSPS) is 23.9. The molecule has 1 saturated carbocycles. The zero-order valence-corrected chi connectivity index (χ0v) is 13.0. The van der Waals surface area contributed by atoms with E-state index in [0.717, 1.165) is 12.0 Å². The van der Waals surface area contributed by atoms with Crippen LogP contribution >= 0.6 is 11.3 Å². The Morgan fingerprint density at radius 2 is 2.48 bits per heavy atom. The summed E-state index contributed by atoms with van der Waals surface area (Å²) in [6.07, 6.45) is 0.724. The van der Waals surface area contributed by atoms with Crippen molar-refractivity contribution in [2.45, 2.75) is 11.8 Å². The first-order valence-corrected chi connectivity index (χ1v) is 7.85. The van der Waals surface area contributed by atoms with Crippen LogP contribution in [0.4, 0.5) is 4.39 Å². The summed E-state index contributed by atoms with van der Waals surface area (Å²) in [5.41, 5.74) is 6.17. The van der Waals surface area contributed by atoms with Crippen molar-refractivity contribution in [2.75, 3.05) is 33.4 Å². The molecule has 0 radical (unpaired) electrons. The number of hydrogen-bond donors (Lipinski definition) is 1.